The summed E-state index contributed by atoms with van der Waals surface area (Å²) in [6, 6.07) is 0. The van der Waals surface area contributed by atoms with Crippen molar-refractivity contribution in [1.29, 1.82) is 0 Å². The van der Waals surface area contributed by atoms with Crippen LogP contribution in [0, 0.1) is 0 Å². The summed E-state index contributed by atoms with van der Waals surface area (Å²) >= 11 is 0. The molecule has 0 aromatic heterocycles. The van der Waals surface area contributed by atoms with Crippen LogP contribution in [0.25, 0.3) is 0 Å². The summed E-state index contributed by atoms with van der Waals surface area (Å²) in [5.41, 5.74) is 0. The van der Waals surface area contributed by atoms with E-state index in [1.54, 1.807) is 13.8 Å². The summed E-state index contributed by atoms with van der Waals surface area (Å²) in [6.07, 6.45) is 4.95. The van der Waals surface area contributed by atoms with Crippen molar-refractivity contribution >= 4 is 5.97 Å². The third-order valence-corrected chi connectivity index (χ3v) is 2.56. The lowest BCUT2D eigenvalue weighted by molar-refractivity contribution is -0.155. The lowest BCUT2D eigenvalue weighted by Crippen LogP contribution is -2.23. The molecule has 0 unspecified atom stereocenters. The number of carbonyl (C=O) groups is 1. The molecule has 4 heteroatoms. The van der Waals surface area contributed by atoms with E-state index in [0.29, 0.717) is 13.2 Å². The van der Waals surface area contributed by atoms with Crippen LogP contribution in [0.5, 0.6) is 0 Å². The van der Waals surface area contributed by atoms with Crippen LogP contribution in [-0.4, -0.2) is 38.5 Å². The monoisotopic (exact) mass is 260 g/mol. The van der Waals surface area contributed by atoms with E-state index in [-0.39, 0.29) is 5.97 Å². The Morgan fingerprint density at radius 1 is 1.00 bits per heavy atom. The highest BCUT2D eigenvalue weighted by molar-refractivity contribution is 5.74. The molecule has 0 spiro atoms. The third-order valence-electron chi connectivity index (χ3n) is 2.56. The molecule has 1 atom stereocenters. The minimum atomic E-state index is -0.453. The molecule has 0 aliphatic rings. The van der Waals surface area contributed by atoms with E-state index in [9.17, 15) is 4.79 Å². The second-order valence-corrected chi connectivity index (χ2v) is 4.29. The first kappa shape index (κ1) is 17.4. The van der Waals surface area contributed by atoms with Gasteiger partial charge in [0.1, 0.15) is 0 Å². The number of hydrogen-bond donors (Lipinski definition) is 0. The highest BCUT2D eigenvalue weighted by Gasteiger charge is 2.13. The van der Waals surface area contributed by atoms with Gasteiger partial charge < -0.3 is 14.2 Å². The van der Waals surface area contributed by atoms with E-state index in [0.717, 1.165) is 38.9 Å². The smallest absolute Gasteiger partial charge is 0.334 e. The SMILES string of the molecule is CCCCOCCCCCO[C@@H](C)C(=O)OCC. The molecular weight excluding hydrogens is 232 g/mol. The van der Waals surface area contributed by atoms with Crippen molar-refractivity contribution in [2.45, 2.75) is 59.0 Å². The van der Waals surface area contributed by atoms with Crippen molar-refractivity contribution in [1.82, 2.24) is 0 Å². The van der Waals surface area contributed by atoms with E-state index in [4.69, 9.17) is 14.2 Å². The second-order valence-electron chi connectivity index (χ2n) is 4.29. The fourth-order valence-electron chi connectivity index (χ4n) is 1.42. The Hall–Kier alpha value is -0.610. The average molecular weight is 260 g/mol. The van der Waals surface area contributed by atoms with Crippen LogP contribution in [0.15, 0.2) is 0 Å². The predicted molar refractivity (Wildman–Crippen MR) is 71.6 cm³/mol. The Morgan fingerprint density at radius 3 is 2.33 bits per heavy atom. The fraction of sp³-hybridized carbons (Fsp3) is 0.929. The molecule has 0 aromatic rings. The summed E-state index contributed by atoms with van der Waals surface area (Å²) in [4.78, 5) is 11.2. The number of rotatable bonds is 12. The van der Waals surface area contributed by atoms with Gasteiger partial charge in [-0.15, -0.1) is 0 Å². The number of unbranched alkanes of at least 4 members (excludes halogenated alkanes) is 3. The summed E-state index contributed by atoms with van der Waals surface area (Å²) in [7, 11) is 0. The molecule has 0 saturated carbocycles. The molecule has 0 amide bonds. The zero-order valence-electron chi connectivity index (χ0n) is 12.1. The molecule has 4 nitrogen and oxygen atoms in total. The van der Waals surface area contributed by atoms with Crippen LogP contribution in [0.2, 0.25) is 0 Å². The second kappa shape index (κ2) is 12.8. The third kappa shape index (κ3) is 10.5. The predicted octanol–water partition coefficient (Wildman–Crippen LogP) is 2.94. The minimum absolute atomic E-state index is 0.277. The van der Waals surface area contributed by atoms with Gasteiger partial charge in [0.25, 0.3) is 0 Å². The van der Waals surface area contributed by atoms with Gasteiger partial charge >= 0.3 is 5.97 Å². The number of ether oxygens (including phenoxy) is 3. The van der Waals surface area contributed by atoms with E-state index in [1.807, 2.05) is 0 Å². The first-order valence-corrected chi connectivity index (χ1v) is 7.08. The highest BCUT2D eigenvalue weighted by Crippen LogP contribution is 2.01. The molecule has 0 aromatic carbocycles. The quantitative estimate of drug-likeness (QED) is 0.400. The Labute approximate surface area is 111 Å². The molecule has 0 rings (SSSR count). The minimum Gasteiger partial charge on any atom is -0.464 e. The van der Waals surface area contributed by atoms with Gasteiger partial charge in [-0.05, 0) is 39.5 Å². The maximum Gasteiger partial charge on any atom is 0.334 e. The molecule has 0 aliphatic carbocycles. The Kier molecular flexibility index (Phi) is 12.4. The van der Waals surface area contributed by atoms with Crippen LogP contribution >= 0.6 is 0 Å². The maximum atomic E-state index is 11.2. The summed E-state index contributed by atoms with van der Waals surface area (Å²) < 4.78 is 15.7. The van der Waals surface area contributed by atoms with Crippen molar-refractivity contribution in [3.05, 3.63) is 0 Å². The van der Waals surface area contributed by atoms with Crippen LogP contribution in [0.1, 0.15) is 52.9 Å². The lowest BCUT2D eigenvalue weighted by Gasteiger charge is -2.11. The largest absolute Gasteiger partial charge is 0.464 e. The van der Waals surface area contributed by atoms with Crippen LogP contribution in [-0.2, 0) is 19.0 Å². The van der Waals surface area contributed by atoms with Gasteiger partial charge in [-0.1, -0.05) is 13.3 Å². The standard InChI is InChI=1S/C14H28O4/c1-4-6-10-16-11-8-7-9-12-18-13(3)14(15)17-5-2/h13H,4-12H2,1-3H3/t13-/m0/s1. The average Bonchev–Trinajstić information content (AvgIpc) is 2.36. The van der Waals surface area contributed by atoms with Gasteiger partial charge in [0.05, 0.1) is 6.61 Å². The van der Waals surface area contributed by atoms with E-state index < -0.39 is 6.10 Å². The molecule has 18 heavy (non-hydrogen) atoms. The van der Waals surface area contributed by atoms with Gasteiger partial charge in [0.15, 0.2) is 6.10 Å². The summed E-state index contributed by atoms with van der Waals surface area (Å²) in [6.45, 7) is 8.39. The normalized spacial score (nSPS) is 12.4. The summed E-state index contributed by atoms with van der Waals surface area (Å²) in [5.74, 6) is -0.277. The molecule has 0 radical (unpaired) electrons. The Morgan fingerprint density at radius 2 is 1.67 bits per heavy atom. The zero-order chi connectivity index (χ0) is 13.6. The van der Waals surface area contributed by atoms with Gasteiger partial charge in [0.2, 0.25) is 0 Å². The van der Waals surface area contributed by atoms with Crippen molar-refractivity contribution in [3.63, 3.8) is 0 Å². The van der Waals surface area contributed by atoms with Crippen LogP contribution in [0.3, 0.4) is 0 Å². The lowest BCUT2D eigenvalue weighted by atomic mass is 10.2. The van der Waals surface area contributed by atoms with E-state index >= 15 is 0 Å². The van der Waals surface area contributed by atoms with E-state index in [2.05, 4.69) is 6.92 Å². The van der Waals surface area contributed by atoms with Crippen molar-refractivity contribution in [3.8, 4) is 0 Å². The molecular formula is C14H28O4. The topological polar surface area (TPSA) is 44.8 Å². The van der Waals surface area contributed by atoms with Gasteiger partial charge in [-0.3, -0.25) is 0 Å². The zero-order valence-corrected chi connectivity index (χ0v) is 12.1. The van der Waals surface area contributed by atoms with Crippen LogP contribution < -0.4 is 0 Å². The number of esters is 1. The first-order chi connectivity index (χ1) is 8.72. The highest BCUT2D eigenvalue weighted by atomic mass is 16.6. The van der Waals surface area contributed by atoms with Gasteiger partial charge in [-0.25, -0.2) is 4.79 Å². The molecule has 0 heterocycles. The molecule has 0 bridgehead atoms. The van der Waals surface area contributed by atoms with Crippen molar-refractivity contribution < 1.29 is 19.0 Å². The molecule has 0 aliphatic heterocycles. The summed E-state index contributed by atoms with van der Waals surface area (Å²) in [5, 5.41) is 0. The molecule has 0 fully saturated rings. The van der Waals surface area contributed by atoms with Gasteiger partial charge in [-0.2, -0.15) is 0 Å². The van der Waals surface area contributed by atoms with Crippen LogP contribution in [0.4, 0.5) is 0 Å². The Bertz CT molecular complexity index is 194. The molecule has 0 N–H and O–H groups in total. The van der Waals surface area contributed by atoms with Crippen molar-refractivity contribution in [2.24, 2.45) is 0 Å². The fourth-order valence-corrected chi connectivity index (χ4v) is 1.42. The first-order valence-electron chi connectivity index (χ1n) is 7.08. The maximum absolute atomic E-state index is 11.2. The van der Waals surface area contributed by atoms with Gasteiger partial charge in [0, 0.05) is 19.8 Å². The molecule has 108 valence electrons. The van der Waals surface area contributed by atoms with Crippen molar-refractivity contribution in [2.75, 3.05) is 26.4 Å². The molecule has 0 saturated heterocycles. The number of carbonyl (C=O) groups excluding carboxylic acids is 1. The van der Waals surface area contributed by atoms with E-state index in [1.165, 1.54) is 6.42 Å². The number of hydrogen-bond acceptors (Lipinski definition) is 4. The Balaban J connectivity index is 3.22.